The van der Waals surface area contributed by atoms with Gasteiger partial charge in [0, 0.05) is 18.5 Å². The fourth-order valence-corrected chi connectivity index (χ4v) is 5.89. The fraction of sp³-hybridized carbons (Fsp3) is 0.692. The maximum absolute atomic E-state index is 12.7. The molecule has 0 spiro atoms. The highest BCUT2D eigenvalue weighted by Gasteiger charge is 2.33. The third-order valence-corrected chi connectivity index (χ3v) is 7.27. The van der Waals surface area contributed by atoms with Gasteiger partial charge in [-0.2, -0.15) is 4.31 Å². The molecule has 1 unspecified atom stereocenters. The number of hydrogen-bond donors (Lipinski definition) is 0. The Labute approximate surface area is 124 Å². The van der Waals surface area contributed by atoms with E-state index < -0.39 is 10.0 Å². The summed E-state index contributed by atoms with van der Waals surface area (Å²) >= 11 is 7.03. The number of halogens is 1. The lowest BCUT2D eigenvalue weighted by Crippen LogP contribution is -2.43. The standard InChI is InChI=1S/C13H20ClNO2S2/c1-2-5-12-6-3-4-7-15(12)19(16,17)13-8-11(9-14)10-18-13/h8,10,12H,2-7,9H2,1H3. The van der Waals surface area contributed by atoms with Crippen LogP contribution in [0.1, 0.15) is 44.6 Å². The van der Waals surface area contributed by atoms with Crippen molar-refractivity contribution in [2.45, 2.75) is 55.2 Å². The molecule has 0 radical (unpaired) electrons. The van der Waals surface area contributed by atoms with Crippen LogP contribution in [0.2, 0.25) is 0 Å². The molecule has 1 aliphatic rings. The Kier molecular flexibility index (Phi) is 5.29. The Morgan fingerprint density at radius 2 is 2.26 bits per heavy atom. The third kappa shape index (κ3) is 3.32. The molecule has 0 saturated carbocycles. The molecule has 19 heavy (non-hydrogen) atoms. The SMILES string of the molecule is CCCC1CCCCN1S(=O)(=O)c1cc(CCl)cs1. The normalized spacial score (nSPS) is 21.7. The highest BCUT2D eigenvalue weighted by Crippen LogP contribution is 2.31. The Hall–Kier alpha value is -0.100. The minimum atomic E-state index is -3.33. The highest BCUT2D eigenvalue weighted by atomic mass is 35.5. The van der Waals surface area contributed by atoms with Crippen LogP contribution in [0.3, 0.4) is 0 Å². The number of piperidine rings is 1. The van der Waals surface area contributed by atoms with E-state index in [9.17, 15) is 8.42 Å². The number of hydrogen-bond acceptors (Lipinski definition) is 3. The molecular weight excluding hydrogens is 302 g/mol. The van der Waals surface area contributed by atoms with Gasteiger partial charge < -0.3 is 0 Å². The lowest BCUT2D eigenvalue weighted by molar-refractivity contribution is 0.240. The van der Waals surface area contributed by atoms with Crippen LogP contribution in [0, 0.1) is 0 Å². The lowest BCUT2D eigenvalue weighted by atomic mass is 10.0. The zero-order valence-corrected chi connectivity index (χ0v) is 13.5. The van der Waals surface area contributed by atoms with E-state index in [1.54, 1.807) is 10.4 Å². The second kappa shape index (κ2) is 6.57. The Balaban J connectivity index is 2.25. The van der Waals surface area contributed by atoms with Gasteiger partial charge >= 0.3 is 0 Å². The minimum absolute atomic E-state index is 0.172. The molecular formula is C13H20ClNO2S2. The van der Waals surface area contributed by atoms with Crippen molar-refractivity contribution in [3.8, 4) is 0 Å². The van der Waals surface area contributed by atoms with E-state index in [0.29, 0.717) is 16.6 Å². The lowest BCUT2D eigenvalue weighted by Gasteiger charge is -2.34. The van der Waals surface area contributed by atoms with Gasteiger partial charge in [-0.25, -0.2) is 8.42 Å². The minimum Gasteiger partial charge on any atom is -0.206 e. The van der Waals surface area contributed by atoms with Gasteiger partial charge in [0.05, 0.1) is 0 Å². The largest absolute Gasteiger partial charge is 0.252 e. The zero-order chi connectivity index (χ0) is 13.9. The van der Waals surface area contributed by atoms with Gasteiger partial charge in [-0.05, 0) is 36.3 Å². The van der Waals surface area contributed by atoms with Gasteiger partial charge in [0.25, 0.3) is 10.0 Å². The van der Waals surface area contributed by atoms with E-state index in [4.69, 9.17) is 11.6 Å². The van der Waals surface area contributed by atoms with E-state index >= 15 is 0 Å². The quantitative estimate of drug-likeness (QED) is 0.773. The van der Waals surface area contributed by atoms with Crippen LogP contribution in [0.4, 0.5) is 0 Å². The second-order valence-corrected chi connectivity index (χ2v) is 8.26. The summed E-state index contributed by atoms with van der Waals surface area (Å²) in [6, 6.07) is 1.88. The van der Waals surface area contributed by atoms with E-state index in [2.05, 4.69) is 6.92 Å². The zero-order valence-electron chi connectivity index (χ0n) is 11.1. The summed E-state index contributed by atoms with van der Waals surface area (Å²) in [5, 5.41) is 1.83. The molecule has 108 valence electrons. The van der Waals surface area contributed by atoms with E-state index in [0.717, 1.165) is 37.7 Å². The van der Waals surface area contributed by atoms with Crippen LogP contribution < -0.4 is 0 Å². The average Bonchev–Trinajstić information content (AvgIpc) is 2.89. The number of rotatable bonds is 5. The van der Waals surface area contributed by atoms with Crippen molar-refractivity contribution in [2.24, 2.45) is 0 Å². The van der Waals surface area contributed by atoms with Gasteiger partial charge in [0.1, 0.15) is 4.21 Å². The third-order valence-electron chi connectivity index (χ3n) is 3.54. The molecule has 1 saturated heterocycles. The first-order valence-electron chi connectivity index (χ1n) is 6.74. The number of thiophene rings is 1. The average molecular weight is 322 g/mol. The monoisotopic (exact) mass is 321 g/mol. The molecule has 6 heteroatoms. The van der Waals surface area contributed by atoms with Crippen molar-refractivity contribution in [1.82, 2.24) is 4.31 Å². The summed E-state index contributed by atoms with van der Waals surface area (Å²) in [7, 11) is -3.33. The molecule has 0 bridgehead atoms. The molecule has 2 rings (SSSR count). The summed E-state index contributed by atoms with van der Waals surface area (Å²) in [6.45, 7) is 2.76. The van der Waals surface area contributed by atoms with Crippen LogP contribution in [0.25, 0.3) is 0 Å². The topological polar surface area (TPSA) is 37.4 Å². The molecule has 1 aromatic rings. The van der Waals surface area contributed by atoms with Crippen molar-refractivity contribution >= 4 is 33.0 Å². The van der Waals surface area contributed by atoms with E-state index in [1.807, 2.05) is 5.38 Å². The number of nitrogens with zero attached hydrogens (tertiary/aromatic N) is 1. The smallest absolute Gasteiger partial charge is 0.206 e. The Bertz CT molecular complexity index is 510. The second-order valence-electron chi connectivity index (χ2n) is 4.96. The molecule has 3 nitrogen and oxygen atoms in total. The van der Waals surface area contributed by atoms with Crippen molar-refractivity contribution in [2.75, 3.05) is 6.54 Å². The van der Waals surface area contributed by atoms with Crippen LogP contribution in [-0.2, 0) is 15.9 Å². The maximum atomic E-state index is 12.7. The fourth-order valence-electron chi connectivity index (χ4n) is 2.59. The Morgan fingerprint density at radius 3 is 2.89 bits per heavy atom. The molecule has 1 fully saturated rings. The highest BCUT2D eigenvalue weighted by molar-refractivity contribution is 7.91. The van der Waals surface area contributed by atoms with Crippen LogP contribution in [0.5, 0.6) is 0 Å². The molecule has 0 N–H and O–H groups in total. The molecule has 0 aromatic carbocycles. The van der Waals surface area contributed by atoms with Crippen molar-refractivity contribution in [1.29, 1.82) is 0 Å². The first-order chi connectivity index (χ1) is 9.09. The molecule has 1 aromatic heterocycles. The Morgan fingerprint density at radius 1 is 1.47 bits per heavy atom. The van der Waals surface area contributed by atoms with Gasteiger partial charge in [-0.15, -0.1) is 22.9 Å². The molecule has 0 amide bonds. The summed E-state index contributed by atoms with van der Waals surface area (Å²) < 4.78 is 27.5. The van der Waals surface area contributed by atoms with Gasteiger partial charge in [-0.3, -0.25) is 0 Å². The summed E-state index contributed by atoms with van der Waals surface area (Å²) in [6.07, 6.45) is 5.06. The van der Waals surface area contributed by atoms with Crippen LogP contribution in [0.15, 0.2) is 15.7 Å². The van der Waals surface area contributed by atoms with Crippen LogP contribution >= 0.6 is 22.9 Å². The molecule has 1 aliphatic heterocycles. The van der Waals surface area contributed by atoms with Gasteiger partial charge in [0.2, 0.25) is 0 Å². The maximum Gasteiger partial charge on any atom is 0.252 e. The molecule has 2 heterocycles. The van der Waals surface area contributed by atoms with Crippen molar-refractivity contribution in [3.63, 3.8) is 0 Å². The summed E-state index contributed by atoms with van der Waals surface area (Å²) in [5.41, 5.74) is 0.884. The molecule has 1 atom stereocenters. The predicted molar refractivity (Wildman–Crippen MR) is 80.3 cm³/mol. The summed E-state index contributed by atoms with van der Waals surface area (Å²) in [4.78, 5) is 0. The van der Waals surface area contributed by atoms with E-state index in [1.165, 1.54) is 11.3 Å². The van der Waals surface area contributed by atoms with Gasteiger partial charge in [-0.1, -0.05) is 19.8 Å². The number of sulfonamides is 1. The van der Waals surface area contributed by atoms with E-state index in [-0.39, 0.29) is 6.04 Å². The summed E-state index contributed by atoms with van der Waals surface area (Å²) in [5.74, 6) is 0.365. The van der Waals surface area contributed by atoms with Crippen molar-refractivity contribution in [3.05, 3.63) is 17.0 Å². The van der Waals surface area contributed by atoms with Crippen molar-refractivity contribution < 1.29 is 8.42 Å². The molecule has 0 aliphatic carbocycles. The first-order valence-corrected chi connectivity index (χ1v) is 9.60. The van der Waals surface area contributed by atoms with Crippen LogP contribution in [-0.4, -0.2) is 25.3 Å². The first kappa shape index (κ1) is 15.3. The van der Waals surface area contributed by atoms with Gasteiger partial charge in [0.15, 0.2) is 0 Å². The predicted octanol–water partition coefficient (Wildman–Crippen LogP) is 3.83. The number of alkyl halides is 1.